The zero-order valence-electron chi connectivity index (χ0n) is 45.6. The van der Waals surface area contributed by atoms with E-state index in [1.54, 1.807) is 6.08 Å². The Morgan fingerprint density at radius 1 is 0.632 bits per heavy atom. The molecule has 0 aromatic rings. The summed E-state index contributed by atoms with van der Waals surface area (Å²) in [5.41, 5.74) is 0.561. The van der Waals surface area contributed by atoms with Gasteiger partial charge in [-0.25, -0.2) is 9.59 Å². The maximum absolute atomic E-state index is 11.9. The number of hydrogen-bond donors (Lipinski definition) is 3. The highest BCUT2D eigenvalue weighted by Gasteiger charge is 2.69. The second kappa shape index (κ2) is 20.4. The molecule has 0 heterocycles. The van der Waals surface area contributed by atoms with E-state index >= 15 is 0 Å². The van der Waals surface area contributed by atoms with Crippen molar-refractivity contribution in [2.75, 3.05) is 14.2 Å². The molecule has 8 aliphatic carbocycles. The van der Waals surface area contributed by atoms with Crippen LogP contribution in [0.2, 0.25) is 19.6 Å². The average Bonchev–Trinajstić information content (AvgIpc) is 3.84. The number of fused-ring (bicyclic) bond motifs is 10. The Balaban J connectivity index is 0.000000203. The summed E-state index contributed by atoms with van der Waals surface area (Å²) in [6.07, 6.45) is 22.4. The highest BCUT2D eigenvalue weighted by atomic mass is 28.4. The van der Waals surface area contributed by atoms with Gasteiger partial charge in [0.1, 0.15) is 0 Å². The molecule has 8 fully saturated rings. The number of aliphatic hydroxyl groups excluding tert-OH is 3. The van der Waals surface area contributed by atoms with Gasteiger partial charge < -0.3 is 29.2 Å². The van der Waals surface area contributed by atoms with Crippen molar-refractivity contribution in [1.82, 2.24) is 0 Å². The molecule has 8 rings (SSSR count). The van der Waals surface area contributed by atoms with Crippen LogP contribution in [0.25, 0.3) is 0 Å². The smallest absolute Gasteiger partial charge is 0.330 e. The van der Waals surface area contributed by atoms with Gasteiger partial charge >= 0.3 is 11.9 Å². The van der Waals surface area contributed by atoms with E-state index in [2.05, 4.69) is 95.0 Å². The first-order valence-corrected chi connectivity index (χ1v) is 31.5. The zero-order valence-corrected chi connectivity index (χ0v) is 46.6. The summed E-state index contributed by atoms with van der Waals surface area (Å²) >= 11 is 0. The first-order chi connectivity index (χ1) is 31.9. The third-order valence-corrected chi connectivity index (χ3v) is 24.1. The number of ether oxygens (including phenoxy) is 2. The zero-order chi connectivity index (χ0) is 50.1. The molecular formula is C59H100O8Si. The van der Waals surface area contributed by atoms with Gasteiger partial charge in [-0.05, 0) is 201 Å². The summed E-state index contributed by atoms with van der Waals surface area (Å²) in [6.45, 7) is 31.4. The Kier molecular flexibility index (Phi) is 16.3. The monoisotopic (exact) mass is 965 g/mol. The largest absolute Gasteiger partial charge is 0.466 e. The van der Waals surface area contributed by atoms with E-state index in [1.807, 2.05) is 6.08 Å². The van der Waals surface area contributed by atoms with Crippen LogP contribution < -0.4 is 0 Å². The summed E-state index contributed by atoms with van der Waals surface area (Å²) in [6, 6.07) is 0. The molecule has 68 heavy (non-hydrogen) atoms. The van der Waals surface area contributed by atoms with Crippen molar-refractivity contribution >= 4 is 20.3 Å². The highest BCUT2D eigenvalue weighted by molar-refractivity contribution is 6.69. The van der Waals surface area contributed by atoms with Crippen LogP contribution in [-0.2, 0) is 23.5 Å². The maximum Gasteiger partial charge on any atom is 0.330 e. The lowest BCUT2D eigenvalue weighted by Gasteiger charge is -2.67. The number of carbonyl (C=O) groups is 2. The van der Waals surface area contributed by atoms with Gasteiger partial charge in [0.15, 0.2) is 8.32 Å². The van der Waals surface area contributed by atoms with Gasteiger partial charge in [0, 0.05) is 17.6 Å². The van der Waals surface area contributed by atoms with Crippen LogP contribution in [0.15, 0.2) is 24.3 Å². The fraction of sp³-hybridized carbons (Fsp3) is 0.898. The second-order valence-electron chi connectivity index (χ2n) is 26.9. The number of esters is 2. The lowest BCUT2D eigenvalue weighted by atomic mass is 9.39. The van der Waals surface area contributed by atoms with E-state index in [-0.39, 0.29) is 64.6 Å². The third kappa shape index (κ3) is 9.26. The molecule has 8 nitrogen and oxygen atoms in total. The summed E-state index contributed by atoms with van der Waals surface area (Å²) in [5, 5.41) is 33.8. The van der Waals surface area contributed by atoms with Gasteiger partial charge in [-0.1, -0.05) is 101 Å². The van der Waals surface area contributed by atoms with Crippen LogP contribution in [0.4, 0.5) is 0 Å². The molecule has 0 aromatic carbocycles. The fourth-order valence-electron chi connectivity index (χ4n) is 19.6. The van der Waals surface area contributed by atoms with Crippen molar-refractivity contribution in [3.8, 4) is 0 Å². The van der Waals surface area contributed by atoms with Crippen molar-refractivity contribution in [2.24, 2.45) is 116 Å². The minimum atomic E-state index is -1.69. The molecule has 388 valence electrons. The van der Waals surface area contributed by atoms with E-state index in [0.717, 1.165) is 68.6 Å². The Labute approximate surface area is 415 Å². The minimum Gasteiger partial charge on any atom is -0.466 e. The van der Waals surface area contributed by atoms with Crippen molar-refractivity contribution in [3.63, 3.8) is 0 Å². The topological polar surface area (TPSA) is 123 Å². The quantitative estimate of drug-likeness (QED) is 0.112. The van der Waals surface area contributed by atoms with Gasteiger partial charge in [-0.2, -0.15) is 0 Å². The van der Waals surface area contributed by atoms with Crippen LogP contribution >= 0.6 is 0 Å². The molecule has 9 heteroatoms. The van der Waals surface area contributed by atoms with Crippen LogP contribution in [0.5, 0.6) is 0 Å². The van der Waals surface area contributed by atoms with Crippen LogP contribution in [0.3, 0.4) is 0 Å². The van der Waals surface area contributed by atoms with Crippen LogP contribution in [0.1, 0.15) is 159 Å². The van der Waals surface area contributed by atoms with Crippen molar-refractivity contribution in [1.29, 1.82) is 0 Å². The molecule has 0 radical (unpaired) electrons. The number of rotatable bonds is 10. The van der Waals surface area contributed by atoms with Gasteiger partial charge in [0.2, 0.25) is 0 Å². The molecule has 3 N–H and O–H groups in total. The van der Waals surface area contributed by atoms with Gasteiger partial charge in [0.25, 0.3) is 0 Å². The Bertz CT molecular complexity index is 1830. The Hall–Kier alpha value is -1.52. The summed E-state index contributed by atoms with van der Waals surface area (Å²) < 4.78 is 17.0. The SMILES string of the molecule is CC[C@H]1[C@@H](O)[C@@H]2[C@H](C[C@H](O)[C@]3(C)[C@@H]([C@H](C)/C=C/C(=O)OC)CC[C@@H]23)[C@@]2(C)CC[C@@H](O)C[C@@H]12.CC[C@H]1[C@@H](O[Si](C)(C)C)[C@@H]2[C@H](C[C@H](C)[C@]3(C)[C@@H]([C@H](C)/C=C/C(=O)OC)CC[C@@H]23)[C@@]2(C)CC[C@@H](C)C[C@@H]12. The third-order valence-electron chi connectivity index (χ3n) is 23.1. The molecule has 0 bridgehead atoms. The molecule has 0 aromatic heterocycles. The van der Waals surface area contributed by atoms with E-state index in [1.165, 1.54) is 65.2 Å². The molecule has 24 atom stereocenters. The van der Waals surface area contributed by atoms with E-state index in [9.17, 15) is 24.9 Å². The van der Waals surface area contributed by atoms with Gasteiger partial charge in [0.05, 0.1) is 38.6 Å². The maximum atomic E-state index is 11.9. The van der Waals surface area contributed by atoms with E-state index in [0.29, 0.717) is 58.4 Å². The molecule has 0 spiro atoms. The van der Waals surface area contributed by atoms with Crippen molar-refractivity contribution < 1.29 is 38.8 Å². The molecule has 0 aliphatic heterocycles. The highest BCUT2D eigenvalue weighted by Crippen LogP contribution is 2.73. The van der Waals surface area contributed by atoms with Crippen molar-refractivity contribution in [2.45, 2.75) is 203 Å². The minimum absolute atomic E-state index is 0.0700. The van der Waals surface area contributed by atoms with Gasteiger partial charge in [-0.15, -0.1) is 0 Å². The lowest BCUT2D eigenvalue weighted by molar-refractivity contribution is -0.227. The molecule has 8 saturated carbocycles. The molecule has 0 saturated heterocycles. The molecule has 0 amide bonds. The van der Waals surface area contributed by atoms with Crippen LogP contribution in [-0.4, -0.2) is 74.2 Å². The average molecular weight is 966 g/mol. The van der Waals surface area contributed by atoms with E-state index < -0.39 is 14.4 Å². The first kappa shape index (κ1) is 54.3. The standard InChI is InChI=1S/C32H56O3Si.C27H44O5/c1-11-23-26-18-20(2)16-17-31(26,5)27-19-22(4)32(6)24(21(3)12-15-28(33)34-7)13-14-25(32)29(27)30(23)35-36(8,9)10;1-6-17-20-13-16(28)11-12-26(20,3)21-14-22(29)27(4)18(15(2)7-10-23(30)32-5)8-9-19(27)24(21)25(17)31/h12,15,20-27,29-30H,11,13-14,16-19H2,1-10H3;7,10,15-22,24-25,28-29,31H,6,8-9,11-14H2,1-5H3/b15-12+;10-7+/t20-,21-,22+,23-,24-,25+,26+,27+,29+,30-,31+,32-;15-,16-,17-,18-,19+,20+,21+,22+,24+,25-,26+,27-/m11/s1. The second-order valence-corrected chi connectivity index (χ2v) is 31.4. The van der Waals surface area contributed by atoms with E-state index in [4.69, 9.17) is 13.9 Å². The Morgan fingerprint density at radius 3 is 1.66 bits per heavy atom. The summed E-state index contributed by atoms with van der Waals surface area (Å²) in [4.78, 5) is 23.5. The number of carbonyl (C=O) groups excluding carboxylic acids is 2. The molecule has 0 unspecified atom stereocenters. The van der Waals surface area contributed by atoms with Gasteiger partial charge in [-0.3, -0.25) is 0 Å². The van der Waals surface area contributed by atoms with Crippen LogP contribution in [0, 0.1) is 116 Å². The molecule has 8 aliphatic rings. The summed E-state index contributed by atoms with van der Waals surface area (Å²) in [5.74, 6) is 7.42. The number of aliphatic hydroxyl groups is 3. The molecular weight excluding hydrogens is 865 g/mol. The number of hydrogen-bond acceptors (Lipinski definition) is 8. The predicted octanol–water partition coefficient (Wildman–Crippen LogP) is 12.3. The first-order valence-electron chi connectivity index (χ1n) is 28.1. The summed E-state index contributed by atoms with van der Waals surface area (Å²) in [7, 11) is 1.17. The number of methoxy groups -OCH3 is 2. The Morgan fingerprint density at radius 2 is 1.13 bits per heavy atom. The van der Waals surface area contributed by atoms with Crippen molar-refractivity contribution in [3.05, 3.63) is 24.3 Å². The normalized spacial score (nSPS) is 49.5. The number of allylic oxidation sites excluding steroid dienone is 2. The predicted molar refractivity (Wildman–Crippen MR) is 276 cm³/mol. The fourth-order valence-corrected chi connectivity index (χ4v) is 20.8. The lowest BCUT2D eigenvalue weighted by Crippen LogP contribution is -2.65.